The van der Waals surface area contributed by atoms with Crippen LogP contribution in [0.4, 0.5) is 0 Å². The molecule has 92 valence electrons. The molecule has 2 heteroatoms. The molecule has 1 aromatic rings. The molecule has 0 heterocycles. The number of allylic oxidation sites excluding steroid dienone is 1. The highest BCUT2D eigenvalue weighted by Gasteiger charge is 2.29. The van der Waals surface area contributed by atoms with E-state index in [0.29, 0.717) is 0 Å². The quantitative estimate of drug-likeness (QED) is 0.847. The Morgan fingerprint density at radius 1 is 1.24 bits per heavy atom. The van der Waals surface area contributed by atoms with Crippen LogP contribution < -0.4 is 5.73 Å². The maximum absolute atomic E-state index is 6.57. The van der Waals surface area contributed by atoms with E-state index in [9.17, 15) is 0 Å². The summed E-state index contributed by atoms with van der Waals surface area (Å²) in [6, 6.07) is 6.48. The lowest BCUT2D eigenvalue weighted by Gasteiger charge is -2.34. The minimum absolute atomic E-state index is 0.133. The monoisotopic (exact) mass is 293 g/mol. The molecule has 1 aromatic carbocycles. The number of nitrogens with two attached hydrogens (primary N) is 1. The Hall–Kier alpha value is -0.600. The van der Waals surface area contributed by atoms with Gasteiger partial charge in [0.25, 0.3) is 0 Å². The van der Waals surface area contributed by atoms with Crippen molar-refractivity contribution in [1.82, 2.24) is 0 Å². The molecule has 1 aliphatic carbocycles. The van der Waals surface area contributed by atoms with Gasteiger partial charge in [0.2, 0.25) is 0 Å². The van der Waals surface area contributed by atoms with Crippen molar-refractivity contribution in [2.24, 2.45) is 5.73 Å². The van der Waals surface area contributed by atoms with Crippen molar-refractivity contribution in [3.63, 3.8) is 0 Å². The summed E-state index contributed by atoms with van der Waals surface area (Å²) in [4.78, 5) is 0. The summed E-state index contributed by atoms with van der Waals surface area (Å²) in [5.74, 6) is 0. The Morgan fingerprint density at radius 2 is 1.88 bits per heavy atom. The molecule has 0 amide bonds. The van der Waals surface area contributed by atoms with E-state index in [1.54, 1.807) is 0 Å². The van der Waals surface area contributed by atoms with Gasteiger partial charge in [-0.2, -0.15) is 0 Å². The highest BCUT2D eigenvalue weighted by molar-refractivity contribution is 9.10. The van der Waals surface area contributed by atoms with Crippen molar-refractivity contribution in [2.75, 3.05) is 0 Å². The average Bonchev–Trinajstić information content (AvgIpc) is 2.29. The summed E-state index contributed by atoms with van der Waals surface area (Å²) < 4.78 is 1.10. The van der Waals surface area contributed by atoms with E-state index in [-0.39, 0.29) is 5.54 Å². The second-order valence-corrected chi connectivity index (χ2v) is 6.14. The lowest BCUT2D eigenvalue weighted by Crippen LogP contribution is -2.38. The third-order valence-corrected chi connectivity index (χ3v) is 4.17. The molecule has 1 fully saturated rings. The maximum atomic E-state index is 6.57. The zero-order valence-electron chi connectivity index (χ0n) is 10.4. The van der Waals surface area contributed by atoms with Crippen LogP contribution in [-0.4, -0.2) is 0 Å². The van der Waals surface area contributed by atoms with Crippen molar-refractivity contribution in [3.05, 3.63) is 40.4 Å². The van der Waals surface area contributed by atoms with Gasteiger partial charge in [-0.3, -0.25) is 0 Å². The normalized spacial score (nSPS) is 19.0. The van der Waals surface area contributed by atoms with Gasteiger partial charge in [0, 0.05) is 10.0 Å². The van der Waals surface area contributed by atoms with Crippen molar-refractivity contribution in [2.45, 2.75) is 44.6 Å². The van der Waals surface area contributed by atoms with Crippen molar-refractivity contribution in [3.8, 4) is 0 Å². The van der Waals surface area contributed by atoms with Crippen LogP contribution >= 0.6 is 15.9 Å². The molecule has 17 heavy (non-hydrogen) atoms. The van der Waals surface area contributed by atoms with Crippen LogP contribution in [0.3, 0.4) is 0 Å². The molecule has 0 unspecified atom stereocenters. The Morgan fingerprint density at radius 3 is 2.47 bits per heavy atom. The largest absolute Gasteiger partial charge is 0.321 e. The second kappa shape index (κ2) is 4.95. The molecule has 0 atom stereocenters. The molecule has 2 N–H and O–H groups in total. The third-order valence-electron chi connectivity index (χ3n) is 3.71. The first-order chi connectivity index (χ1) is 8.01. The van der Waals surface area contributed by atoms with Gasteiger partial charge in [0.05, 0.1) is 0 Å². The first-order valence-corrected chi connectivity index (χ1v) is 7.06. The first-order valence-electron chi connectivity index (χ1n) is 6.27. The molecular weight excluding hydrogens is 274 g/mol. The van der Waals surface area contributed by atoms with Gasteiger partial charge in [0.1, 0.15) is 0 Å². The van der Waals surface area contributed by atoms with Crippen molar-refractivity contribution < 1.29 is 0 Å². The van der Waals surface area contributed by atoms with E-state index in [1.807, 2.05) is 6.92 Å². The third kappa shape index (κ3) is 2.80. The fourth-order valence-electron chi connectivity index (χ4n) is 2.59. The molecule has 0 aliphatic heterocycles. The van der Waals surface area contributed by atoms with Crippen LogP contribution in [0.5, 0.6) is 0 Å². The minimum Gasteiger partial charge on any atom is -0.321 e. The molecule has 0 aromatic heterocycles. The lowest BCUT2D eigenvalue weighted by atomic mass is 9.77. The number of benzene rings is 1. The Labute approximate surface area is 112 Å². The summed E-state index contributed by atoms with van der Waals surface area (Å²) in [7, 11) is 0. The zero-order valence-corrected chi connectivity index (χ0v) is 12.0. The van der Waals surface area contributed by atoms with E-state index in [4.69, 9.17) is 5.73 Å². The molecule has 1 aliphatic rings. The van der Waals surface area contributed by atoms with Gasteiger partial charge < -0.3 is 5.73 Å². The average molecular weight is 294 g/mol. The standard InChI is InChI=1S/C15H20BrN/c1-11(2)12-8-13(10-14(16)9-12)15(17)6-4-3-5-7-15/h8-10H,1,3-7,17H2,2H3. The van der Waals surface area contributed by atoms with Crippen LogP contribution in [0.25, 0.3) is 5.57 Å². The molecule has 0 saturated heterocycles. The van der Waals surface area contributed by atoms with E-state index < -0.39 is 0 Å². The van der Waals surface area contributed by atoms with E-state index >= 15 is 0 Å². The zero-order chi connectivity index (χ0) is 12.5. The molecule has 2 rings (SSSR count). The van der Waals surface area contributed by atoms with Crippen LogP contribution in [0.2, 0.25) is 0 Å². The summed E-state index contributed by atoms with van der Waals surface area (Å²) in [5, 5.41) is 0. The number of halogens is 1. The van der Waals surface area contributed by atoms with E-state index in [0.717, 1.165) is 22.9 Å². The van der Waals surface area contributed by atoms with Gasteiger partial charge in [-0.1, -0.05) is 47.3 Å². The van der Waals surface area contributed by atoms with Gasteiger partial charge in [-0.25, -0.2) is 0 Å². The minimum atomic E-state index is -0.133. The van der Waals surface area contributed by atoms with Gasteiger partial charge in [-0.05, 0) is 49.1 Å². The fraction of sp³-hybridized carbons (Fsp3) is 0.467. The van der Waals surface area contributed by atoms with Crippen molar-refractivity contribution >= 4 is 21.5 Å². The molecule has 1 saturated carbocycles. The van der Waals surface area contributed by atoms with Crippen LogP contribution in [0, 0.1) is 0 Å². The van der Waals surface area contributed by atoms with E-state index in [2.05, 4.69) is 40.7 Å². The summed E-state index contributed by atoms with van der Waals surface area (Å²) in [6.45, 7) is 6.05. The van der Waals surface area contributed by atoms with Gasteiger partial charge in [-0.15, -0.1) is 0 Å². The van der Waals surface area contributed by atoms with Crippen LogP contribution in [0.1, 0.15) is 50.2 Å². The summed E-state index contributed by atoms with van der Waals surface area (Å²) in [6.07, 6.45) is 6.00. The smallest absolute Gasteiger partial charge is 0.0410 e. The van der Waals surface area contributed by atoms with E-state index in [1.165, 1.54) is 30.4 Å². The Kier molecular flexibility index (Phi) is 3.74. The number of hydrogen-bond acceptors (Lipinski definition) is 1. The van der Waals surface area contributed by atoms with Gasteiger partial charge in [0.15, 0.2) is 0 Å². The molecular formula is C15H20BrN. The second-order valence-electron chi connectivity index (χ2n) is 5.23. The SMILES string of the molecule is C=C(C)c1cc(Br)cc(C2(N)CCCCC2)c1. The predicted molar refractivity (Wildman–Crippen MR) is 77.8 cm³/mol. The highest BCUT2D eigenvalue weighted by atomic mass is 79.9. The molecule has 0 radical (unpaired) electrons. The molecule has 1 nitrogen and oxygen atoms in total. The Balaban J connectivity index is 2.40. The lowest BCUT2D eigenvalue weighted by molar-refractivity contribution is 0.302. The van der Waals surface area contributed by atoms with Gasteiger partial charge >= 0.3 is 0 Å². The highest BCUT2D eigenvalue weighted by Crippen LogP contribution is 2.36. The summed E-state index contributed by atoms with van der Waals surface area (Å²) >= 11 is 3.58. The topological polar surface area (TPSA) is 26.0 Å². The van der Waals surface area contributed by atoms with Crippen molar-refractivity contribution in [1.29, 1.82) is 0 Å². The first kappa shape index (κ1) is 12.8. The van der Waals surface area contributed by atoms with Crippen LogP contribution in [0.15, 0.2) is 29.3 Å². The predicted octanol–water partition coefficient (Wildman–Crippen LogP) is 4.60. The fourth-order valence-corrected chi connectivity index (χ4v) is 3.09. The summed E-state index contributed by atoms with van der Waals surface area (Å²) in [5.41, 5.74) is 9.96. The molecule has 0 spiro atoms. The Bertz CT molecular complexity index is 431. The maximum Gasteiger partial charge on any atom is 0.0410 e. The number of rotatable bonds is 2. The van der Waals surface area contributed by atoms with Crippen LogP contribution in [-0.2, 0) is 5.54 Å². The number of hydrogen-bond donors (Lipinski definition) is 1. The molecule has 0 bridgehead atoms.